The number of rotatable bonds is 4. The van der Waals surface area contributed by atoms with Crippen LogP contribution in [0.2, 0.25) is 0 Å². The summed E-state index contributed by atoms with van der Waals surface area (Å²) in [6.07, 6.45) is 0.226. The van der Waals surface area contributed by atoms with E-state index in [-0.39, 0.29) is 35.4 Å². The molecule has 0 aliphatic heterocycles. The van der Waals surface area contributed by atoms with Gasteiger partial charge in [-0.1, -0.05) is 84.0 Å². The van der Waals surface area contributed by atoms with Crippen molar-refractivity contribution in [2.45, 2.75) is 65.2 Å². The Kier molecular flexibility index (Phi) is 5.59. The van der Waals surface area contributed by atoms with Gasteiger partial charge in [0.05, 0.1) is 13.5 Å². The van der Waals surface area contributed by atoms with Crippen LogP contribution in [0.15, 0.2) is 54.6 Å². The van der Waals surface area contributed by atoms with Crippen molar-refractivity contribution in [2.75, 3.05) is 7.11 Å². The van der Waals surface area contributed by atoms with Gasteiger partial charge >= 0.3 is 5.97 Å². The summed E-state index contributed by atoms with van der Waals surface area (Å²) in [7, 11) is 1.35. The van der Waals surface area contributed by atoms with E-state index in [1.54, 1.807) is 0 Å². The second kappa shape index (κ2) is 8.30. The number of hydrogen-bond donors (Lipinski definition) is 0. The number of carbonyl (C=O) groups excluding carboxylic acids is 2. The highest BCUT2D eigenvalue weighted by atomic mass is 16.5. The number of ketones is 1. The van der Waals surface area contributed by atoms with Crippen LogP contribution in [-0.4, -0.2) is 18.9 Å². The first-order valence-electron chi connectivity index (χ1n) is 12.7. The first-order valence-corrected chi connectivity index (χ1v) is 12.7. The largest absolute Gasteiger partial charge is 0.469 e. The van der Waals surface area contributed by atoms with Crippen molar-refractivity contribution < 1.29 is 14.3 Å². The van der Waals surface area contributed by atoms with E-state index in [4.69, 9.17) is 4.74 Å². The van der Waals surface area contributed by atoms with Crippen LogP contribution in [0.5, 0.6) is 0 Å². The standard InChI is InChI=1S/C33H34O3/c1-32(2,3)20-15-19-16-21(33(4,5)6)18-27-25-12-11-22(28(34)13-14-29(35)36-7)23-9-8-10-24(31(23)25)26(17-20)30(19)27/h8-12,15-18H,13-14H2,1-7H3. The van der Waals surface area contributed by atoms with Gasteiger partial charge in [0, 0.05) is 12.0 Å². The van der Waals surface area contributed by atoms with Gasteiger partial charge in [-0.2, -0.15) is 0 Å². The van der Waals surface area contributed by atoms with Crippen LogP contribution < -0.4 is 0 Å². The number of hydrogen-bond acceptors (Lipinski definition) is 3. The highest BCUT2D eigenvalue weighted by Crippen LogP contribution is 2.44. The fraction of sp³-hybridized carbons (Fsp3) is 0.333. The molecule has 0 atom stereocenters. The number of carbonyl (C=O) groups is 2. The van der Waals surface area contributed by atoms with Crippen molar-refractivity contribution in [1.29, 1.82) is 0 Å². The second-order valence-corrected chi connectivity index (χ2v) is 12.0. The summed E-state index contributed by atoms with van der Waals surface area (Å²) in [4.78, 5) is 24.9. The summed E-state index contributed by atoms with van der Waals surface area (Å²) in [6.45, 7) is 13.5. The van der Waals surface area contributed by atoms with Crippen molar-refractivity contribution >= 4 is 54.8 Å². The molecule has 3 heteroatoms. The predicted octanol–water partition coefficient (Wildman–Crippen LogP) is 8.47. The molecule has 0 saturated carbocycles. The molecule has 5 aromatic carbocycles. The Bertz CT molecular complexity index is 1590. The molecule has 0 aliphatic rings. The molecule has 0 radical (unpaired) electrons. The molecule has 0 heterocycles. The normalized spacial score (nSPS) is 12.8. The van der Waals surface area contributed by atoms with Crippen LogP contribution in [0.4, 0.5) is 0 Å². The van der Waals surface area contributed by atoms with E-state index in [1.807, 2.05) is 18.2 Å². The molecule has 0 aromatic heterocycles. The van der Waals surface area contributed by atoms with Gasteiger partial charge in [0.15, 0.2) is 5.78 Å². The lowest BCUT2D eigenvalue weighted by Gasteiger charge is -2.25. The Morgan fingerprint density at radius 1 is 0.667 bits per heavy atom. The van der Waals surface area contributed by atoms with Crippen molar-refractivity contribution in [1.82, 2.24) is 0 Å². The Morgan fingerprint density at radius 2 is 1.22 bits per heavy atom. The zero-order chi connectivity index (χ0) is 26.0. The number of Topliss-reactive ketones (excluding diaryl/α,β-unsaturated/α-hetero) is 1. The Labute approximate surface area is 212 Å². The molecule has 0 aliphatic carbocycles. The maximum absolute atomic E-state index is 13.2. The Hall–Kier alpha value is -3.46. The monoisotopic (exact) mass is 478 g/mol. The van der Waals surface area contributed by atoms with E-state index in [0.717, 1.165) is 21.5 Å². The molecule has 0 fully saturated rings. The zero-order valence-electron chi connectivity index (χ0n) is 22.3. The molecule has 0 bridgehead atoms. The van der Waals surface area contributed by atoms with Crippen molar-refractivity contribution in [3.8, 4) is 0 Å². The van der Waals surface area contributed by atoms with Gasteiger partial charge in [-0.3, -0.25) is 9.59 Å². The van der Waals surface area contributed by atoms with Crippen molar-refractivity contribution in [2.24, 2.45) is 0 Å². The molecular weight excluding hydrogens is 444 g/mol. The molecule has 0 spiro atoms. The summed E-state index contributed by atoms with van der Waals surface area (Å²) in [5.74, 6) is -0.400. The average Bonchev–Trinajstić information content (AvgIpc) is 2.83. The Morgan fingerprint density at radius 3 is 1.78 bits per heavy atom. The number of esters is 1. The van der Waals surface area contributed by atoms with Crippen LogP contribution >= 0.6 is 0 Å². The van der Waals surface area contributed by atoms with Gasteiger partial charge in [-0.25, -0.2) is 0 Å². The lowest BCUT2D eigenvalue weighted by atomic mass is 9.79. The molecule has 5 aromatic rings. The van der Waals surface area contributed by atoms with E-state index in [2.05, 4.69) is 77.9 Å². The van der Waals surface area contributed by atoms with Gasteiger partial charge < -0.3 is 4.74 Å². The minimum atomic E-state index is -0.365. The van der Waals surface area contributed by atoms with Gasteiger partial charge in [0.25, 0.3) is 0 Å². The van der Waals surface area contributed by atoms with E-state index in [0.29, 0.717) is 5.56 Å². The summed E-state index contributed by atoms with van der Waals surface area (Å²) in [5, 5.41) is 9.39. The van der Waals surface area contributed by atoms with Gasteiger partial charge in [0.2, 0.25) is 0 Å². The first-order chi connectivity index (χ1) is 16.9. The summed E-state index contributed by atoms with van der Waals surface area (Å²) in [5.41, 5.74) is 3.27. The molecule has 0 unspecified atom stereocenters. The van der Waals surface area contributed by atoms with Crippen molar-refractivity contribution in [3.63, 3.8) is 0 Å². The predicted molar refractivity (Wildman–Crippen MR) is 151 cm³/mol. The molecule has 0 saturated heterocycles. The lowest BCUT2D eigenvalue weighted by Crippen LogP contribution is -2.13. The second-order valence-electron chi connectivity index (χ2n) is 12.0. The number of fused-ring (bicyclic) bond motifs is 2. The highest BCUT2D eigenvalue weighted by molar-refractivity contribution is 6.34. The minimum Gasteiger partial charge on any atom is -0.469 e. The number of benzene rings is 5. The molecular formula is C33H34O3. The fourth-order valence-corrected chi connectivity index (χ4v) is 5.36. The quantitative estimate of drug-likeness (QED) is 0.113. The first kappa shape index (κ1) is 24.2. The van der Waals surface area contributed by atoms with Crippen LogP contribution in [0, 0.1) is 0 Å². The molecule has 0 amide bonds. The van der Waals surface area contributed by atoms with E-state index in [1.165, 1.54) is 39.8 Å². The molecule has 36 heavy (non-hydrogen) atoms. The smallest absolute Gasteiger partial charge is 0.305 e. The molecule has 5 rings (SSSR count). The molecule has 184 valence electrons. The zero-order valence-corrected chi connectivity index (χ0v) is 22.3. The maximum atomic E-state index is 13.2. The maximum Gasteiger partial charge on any atom is 0.305 e. The summed E-state index contributed by atoms with van der Waals surface area (Å²) in [6, 6.07) is 19.7. The number of methoxy groups -OCH3 is 1. The van der Waals surface area contributed by atoms with Crippen LogP contribution in [0.1, 0.15) is 75.9 Å². The van der Waals surface area contributed by atoms with Gasteiger partial charge in [0.1, 0.15) is 0 Å². The van der Waals surface area contributed by atoms with E-state index >= 15 is 0 Å². The van der Waals surface area contributed by atoms with Crippen molar-refractivity contribution in [3.05, 3.63) is 71.3 Å². The van der Waals surface area contributed by atoms with E-state index < -0.39 is 0 Å². The van der Waals surface area contributed by atoms with Gasteiger partial charge in [-0.05, 0) is 77.2 Å². The Balaban J connectivity index is 1.91. The van der Waals surface area contributed by atoms with Gasteiger partial charge in [-0.15, -0.1) is 0 Å². The highest BCUT2D eigenvalue weighted by Gasteiger charge is 2.23. The lowest BCUT2D eigenvalue weighted by molar-refractivity contribution is -0.140. The SMILES string of the molecule is COC(=O)CCC(=O)c1ccc2c3cc(C(C)(C)C)cc4cc(C(C)(C)C)cc(c5cccc1c52)c43. The average molecular weight is 479 g/mol. The van der Waals surface area contributed by atoms with Crippen LogP contribution in [0.25, 0.3) is 43.1 Å². The third-order valence-electron chi connectivity index (χ3n) is 7.49. The third-order valence-corrected chi connectivity index (χ3v) is 7.49. The molecule has 0 N–H and O–H groups in total. The fourth-order valence-electron chi connectivity index (χ4n) is 5.36. The topological polar surface area (TPSA) is 43.4 Å². The summed E-state index contributed by atoms with van der Waals surface area (Å²) >= 11 is 0. The summed E-state index contributed by atoms with van der Waals surface area (Å²) < 4.78 is 4.75. The number of ether oxygens (including phenoxy) is 1. The van der Waals surface area contributed by atoms with Crippen LogP contribution in [-0.2, 0) is 20.4 Å². The third kappa shape index (κ3) is 3.91. The van der Waals surface area contributed by atoms with E-state index in [9.17, 15) is 9.59 Å². The minimum absolute atomic E-state index is 0.00244. The molecule has 3 nitrogen and oxygen atoms in total. The van der Waals surface area contributed by atoms with Crippen LogP contribution in [0.3, 0.4) is 0 Å².